The first-order chi connectivity index (χ1) is 9.02. The largest absolute Gasteiger partial charge is 0.489 e. The Kier molecular flexibility index (Phi) is 6.77. The third-order valence-electron chi connectivity index (χ3n) is 2.54. The van der Waals surface area contributed by atoms with Gasteiger partial charge in [-0.2, -0.15) is 0 Å². The van der Waals surface area contributed by atoms with Crippen LogP contribution >= 0.6 is 0 Å². The van der Waals surface area contributed by atoms with Crippen LogP contribution < -0.4 is 10.1 Å². The van der Waals surface area contributed by atoms with Gasteiger partial charge < -0.3 is 19.9 Å². The van der Waals surface area contributed by atoms with Crippen LogP contribution in [0.1, 0.15) is 25.2 Å². The summed E-state index contributed by atoms with van der Waals surface area (Å²) in [6, 6.07) is 4.17. The molecule has 0 aliphatic rings. The van der Waals surface area contributed by atoms with Gasteiger partial charge in [0.25, 0.3) is 0 Å². The van der Waals surface area contributed by atoms with Crippen LogP contribution in [0.4, 0.5) is 0 Å². The lowest BCUT2D eigenvalue weighted by Crippen LogP contribution is -2.25. The van der Waals surface area contributed by atoms with E-state index in [2.05, 4.69) is 24.1 Å². The molecule has 5 heteroatoms. The van der Waals surface area contributed by atoms with E-state index in [4.69, 9.17) is 9.47 Å². The van der Waals surface area contributed by atoms with E-state index in [9.17, 15) is 5.11 Å². The number of nitrogens with one attached hydrogen (secondary N) is 1. The molecule has 0 aliphatic heterocycles. The Hall–Kier alpha value is -1.17. The van der Waals surface area contributed by atoms with Crippen molar-refractivity contribution in [2.45, 2.75) is 39.5 Å². The van der Waals surface area contributed by atoms with Gasteiger partial charge in [-0.3, -0.25) is 4.98 Å². The SMILES string of the molecule is COCC(O)COc1ccc(C)nc1CNC(C)C. The Morgan fingerprint density at radius 3 is 2.68 bits per heavy atom. The lowest BCUT2D eigenvalue weighted by atomic mass is 10.2. The average molecular weight is 268 g/mol. The lowest BCUT2D eigenvalue weighted by molar-refractivity contribution is 0.0321. The number of ether oxygens (including phenoxy) is 2. The summed E-state index contributed by atoms with van der Waals surface area (Å²) in [7, 11) is 1.55. The first kappa shape index (κ1) is 15.9. The molecule has 0 aliphatic carbocycles. The molecule has 1 unspecified atom stereocenters. The highest BCUT2D eigenvalue weighted by molar-refractivity contribution is 5.29. The lowest BCUT2D eigenvalue weighted by Gasteiger charge is -2.15. The predicted octanol–water partition coefficient (Wildman–Crippen LogP) is 1.27. The molecule has 108 valence electrons. The van der Waals surface area contributed by atoms with Crippen LogP contribution in [-0.4, -0.2) is 42.6 Å². The highest BCUT2D eigenvalue weighted by Crippen LogP contribution is 2.17. The molecule has 1 atom stereocenters. The molecular weight excluding hydrogens is 244 g/mol. The average Bonchev–Trinajstić information content (AvgIpc) is 2.35. The summed E-state index contributed by atoms with van der Waals surface area (Å²) in [5.41, 5.74) is 1.81. The minimum atomic E-state index is -0.628. The smallest absolute Gasteiger partial charge is 0.142 e. The molecule has 0 amide bonds. The molecule has 2 N–H and O–H groups in total. The second kappa shape index (κ2) is 8.09. The van der Waals surface area contributed by atoms with E-state index in [1.807, 2.05) is 19.1 Å². The quantitative estimate of drug-likeness (QED) is 0.743. The molecular formula is C14H24N2O3. The van der Waals surface area contributed by atoms with E-state index >= 15 is 0 Å². The van der Waals surface area contributed by atoms with E-state index < -0.39 is 6.10 Å². The van der Waals surface area contributed by atoms with Crippen molar-refractivity contribution in [1.82, 2.24) is 10.3 Å². The number of methoxy groups -OCH3 is 1. The van der Waals surface area contributed by atoms with Crippen LogP contribution in [0.2, 0.25) is 0 Å². The van der Waals surface area contributed by atoms with Gasteiger partial charge in [0.2, 0.25) is 0 Å². The van der Waals surface area contributed by atoms with Crippen molar-refractivity contribution in [3.63, 3.8) is 0 Å². The first-order valence-electron chi connectivity index (χ1n) is 6.52. The van der Waals surface area contributed by atoms with Gasteiger partial charge in [0.05, 0.1) is 12.3 Å². The van der Waals surface area contributed by atoms with Crippen LogP contribution in [0.25, 0.3) is 0 Å². The summed E-state index contributed by atoms with van der Waals surface area (Å²) >= 11 is 0. The van der Waals surface area contributed by atoms with Crippen molar-refractivity contribution in [2.24, 2.45) is 0 Å². The second-order valence-electron chi connectivity index (χ2n) is 4.85. The highest BCUT2D eigenvalue weighted by atomic mass is 16.5. The van der Waals surface area contributed by atoms with Gasteiger partial charge >= 0.3 is 0 Å². The molecule has 1 rings (SSSR count). The van der Waals surface area contributed by atoms with Gasteiger partial charge in [0.1, 0.15) is 18.5 Å². The number of aromatic nitrogens is 1. The molecule has 19 heavy (non-hydrogen) atoms. The molecule has 5 nitrogen and oxygen atoms in total. The maximum absolute atomic E-state index is 9.59. The van der Waals surface area contributed by atoms with Crippen molar-refractivity contribution in [1.29, 1.82) is 0 Å². The Balaban J connectivity index is 2.65. The summed E-state index contributed by atoms with van der Waals surface area (Å²) in [5, 5.41) is 12.9. The number of aryl methyl sites for hydroxylation is 1. The van der Waals surface area contributed by atoms with Crippen LogP contribution in [0.15, 0.2) is 12.1 Å². The summed E-state index contributed by atoms with van der Waals surface area (Å²) in [6.45, 7) is 7.22. The second-order valence-corrected chi connectivity index (χ2v) is 4.85. The highest BCUT2D eigenvalue weighted by Gasteiger charge is 2.10. The first-order valence-corrected chi connectivity index (χ1v) is 6.52. The standard InChI is InChI=1S/C14H24N2O3/c1-10(2)15-7-13-14(6-5-11(3)16-13)19-9-12(17)8-18-4/h5-6,10,12,15,17H,7-9H2,1-4H3. The summed E-state index contributed by atoms with van der Waals surface area (Å²) in [6.07, 6.45) is -0.628. The number of rotatable bonds is 8. The van der Waals surface area contributed by atoms with Gasteiger partial charge in [-0.15, -0.1) is 0 Å². The zero-order valence-corrected chi connectivity index (χ0v) is 12.1. The van der Waals surface area contributed by atoms with E-state index in [0.717, 1.165) is 11.4 Å². The fourth-order valence-corrected chi connectivity index (χ4v) is 1.58. The van der Waals surface area contributed by atoms with Crippen molar-refractivity contribution >= 4 is 0 Å². The molecule has 0 spiro atoms. The number of hydrogen-bond acceptors (Lipinski definition) is 5. The van der Waals surface area contributed by atoms with Crippen molar-refractivity contribution in [3.8, 4) is 5.75 Å². The van der Waals surface area contributed by atoms with Crippen molar-refractivity contribution < 1.29 is 14.6 Å². The number of aliphatic hydroxyl groups excluding tert-OH is 1. The Morgan fingerprint density at radius 2 is 2.05 bits per heavy atom. The van der Waals surface area contributed by atoms with Crippen molar-refractivity contribution in [2.75, 3.05) is 20.3 Å². The molecule has 0 radical (unpaired) electrons. The topological polar surface area (TPSA) is 63.6 Å². The Labute approximate surface area is 115 Å². The normalized spacial score (nSPS) is 12.7. The van der Waals surface area contributed by atoms with E-state index in [1.165, 1.54) is 0 Å². The zero-order valence-electron chi connectivity index (χ0n) is 12.1. The molecule has 0 bridgehead atoms. The molecule has 1 aromatic rings. The molecule has 0 saturated heterocycles. The molecule has 1 aromatic heterocycles. The maximum Gasteiger partial charge on any atom is 0.142 e. The molecule has 0 aromatic carbocycles. The van der Waals surface area contributed by atoms with Gasteiger partial charge in [0, 0.05) is 25.4 Å². The van der Waals surface area contributed by atoms with E-state index in [0.29, 0.717) is 18.3 Å². The molecule has 1 heterocycles. The van der Waals surface area contributed by atoms with Crippen LogP contribution in [0, 0.1) is 6.92 Å². The summed E-state index contributed by atoms with van der Waals surface area (Å²) < 4.78 is 10.5. The van der Waals surface area contributed by atoms with Gasteiger partial charge in [-0.05, 0) is 19.1 Å². The minimum absolute atomic E-state index is 0.202. The monoisotopic (exact) mass is 268 g/mol. The third kappa shape index (κ3) is 6.00. The third-order valence-corrected chi connectivity index (χ3v) is 2.54. The predicted molar refractivity (Wildman–Crippen MR) is 74.3 cm³/mol. The fourth-order valence-electron chi connectivity index (χ4n) is 1.58. The van der Waals surface area contributed by atoms with E-state index in [-0.39, 0.29) is 13.2 Å². The Morgan fingerprint density at radius 1 is 1.32 bits per heavy atom. The number of pyridine rings is 1. The van der Waals surface area contributed by atoms with Gasteiger partial charge in [-0.25, -0.2) is 0 Å². The van der Waals surface area contributed by atoms with Crippen LogP contribution in [0.3, 0.4) is 0 Å². The summed E-state index contributed by atoms with van der Waals surface area (Å²) in [5.74, 6) is 0.703. The fraction of sp³-hybridized carbons (Fsp3) is 0.643. The number of nitrogens with zero attached hydrogens (tertiary/aromatic N) is 1. The maximum atomic E-state index is 9.59. The van der Waals surface area contributed by atoms with Gasteiger partial charge in [-0.1, -0.05) is 13.8 Å². The van der Waals surface area contributed by atoms with Crippen LogP contribution in [0.5, 0.6) is 5.75 Å². The number of hydrogen-bond donors (Lipinski definition) is 2. The number of aliphatic hydroxyl groups is 1. The van der Waals surface area contributed by atoms with Crippen molar-refractivity contribution in [3.05, 3.63) is 23.5 Å². The zero-order chi connectivity index (χ0) is 14.3. The van der Waals surface area contributed by atoms with Gasteiger partial charge in [0.15, 0.2) is 0 Å². The molecule has 0 fully saturated rings. The van der Waals surface area contributed by atoms with Crippen LogP contribution in [-0.2, 0) is 11.3 Å². The minimum Gasteiger partial charge on any atom is -0.489 e. The van der Waals surface area contributed by atoms with E-state index in [1.54, 1.807) is 7.11 Å². The Bertz CT molecular complexity index is 383. The summed E-state index contributed by atoms with van der Waals surface area (Å²) in [4.78, 5) is 4.47. The molecule has 0 saturated carbocycles.